The van der Waals surface area contributed by atoms with Crippen LogP contribution in [0.3, 0.4) is 0 Å². The molecule has 1 aromatic carbocycles. The predicted octanol–water partition coefficient (Wildman–Crippen LogP) is 4.32. The van der Waals surface area contributed by atoms with Gasteiger partial charge in [0.1, 0.15) is 5.75 Å². The number of hydrogen-bond donors (Lipinski definition) is 1. The molecule has 1 unspecified atom stereocenters. The molecule has 1 fully saturated rings. The highest BCUT2D eigenvalue weighted by atomic mass is 16.5. The number of nitrogens with zero attached hydrogens (tertiary/aromatic N) is 2. The molecule has 3 heterocycles. The summed E-state index contributed by atoms with van der Waals surface area (Å²) in [4.78, 5) is 14.3. The number of ether oxygens (including phenoxy) is 2. The van der Waals surface area contributed by atoms with Gasteiger partial charge in [0, 0.05) is 42.1 Å². The van der Waals surface area contributed by atoms with Gasteiger partial charge in [-0.25, -0.2) is 4.79 Å². The number of aryl methyl sites for hydroxylation is 1. The molecule has 2 aromatic heterocycles. The number of rotatable bonds is 5. The molecule has 30 heavy (non-hydrogen) atoms. The van der Waals surface area contributed by atoms with Gasteiger partial charge in [0.05, 0.1) is 25.9 Å². The molecule has 6 heteroatoms. The number of pyridine rings is 1. The van der Waals surface area contributed by atoms with Gasteiger partial charge in [0.15, 0.2) is 0 Å². The molecule has 0 amide bonds. The molecule has 1 aliphatic heterocycles. The van der Waals surface area contributed by atoms with E-state index in [1.807, 2.05) is 26.0 Å². The van der Waals surface area contributed by atoms with Crippen molar-refractivity contribution in [2.24, 2.45) is 0 Å². The Kier molecular flexibility index (Phi) is 5.54. The van der Waals surface area contributed by atoms with Crippen LogP contribution in [-0.2, 0) is 4.74 Å². The Morgan fingerprint density at radius 2 is 1.83 bits per heavy atom. The van der Waals surface area contributed by atoms with Crippen LogP contribution in [0, 0.1) is 13.8 Å². The zero-order valence-corrected chi connectivity index (χ0v) is 17.9. The van der Waals surface area contributed by atoms with E-state index in [2.05, 4.69) is 34.6 Å². The summed E-state index contributed by atoms with van der Waals surface area (Å²) in [6.07, 6.45) is 2.11. The molecule has 0 spiro atoms. The lowest BCUT2D eigenvalue weighted by molar-refractivity contribution is 0.0187. The molecule has 1 aliphatic rings. The highest BCUT2D eigenvalue weighted by Gasteiger charge is 2.25. The molecule has 158 valence electrons. The number of methoxy groups -OCH3 is 1. The van der Waals surface area contributed by atoms with Crippen molar-refractivity contribution in [3.63, 3.8) is 0 Å². The van der Waals surface area contributed by atoms with Crippen molar-refractivity contribution in [1.82, 2.24) is 9.30 Å². The lowest BCUT2D eigenvalue weighted by Gasteiger charge is -2.34. The largest absolute Gasteiger partial charge is 0.497 e. The van der Waals surface area contributed by atoms with Gasteiger partial charge in [-0.2, -0.15) is 0 Å². The lowest BCUT2D eigenvalue weighted by Crippen LogP contribution is -2.39. The van der Waals surface area contributed by atoms with E-state index < -0.39 is 5.97 Å². The summed E-state index contributed by atoms with van der Waals surface area (Å²) < 4.78 is 13.1. The van der Waals surface area contributed by atoms with Gasteiger partial charge in [-0.15, -0.1) is 0 Å². The number of aromatic nitrogens is 1. The van der Waals surface area contributed by atoms with E-state index in [0.29, 0.717) is 18.8 Å². The van der Waals surface area contributed by atoms with Gasteiger partial charge < -0.3 is 19.0 Å². The second-order valence-electron chi connectivity index (χ2n) is 7.96. The summed E-state index contributed by atoms with van der Waals surface area (Å²) in [6.45, 7) is 9.17. The molecule has 0 radical (unpaired) electrons. The van der Waals surface area contributed by atoms with Crippen LogP contribution in [0.5, 0.6) is 5.75 Å². The number of carboxylic acid groups (broad SMARTS) is 1. The number of carboxylic acids is 1. The van der Waals surface area contributed by atoms with Gasteiger partial charge in [0.25, 0.3) is 0 Å². The maximum Gasteiger partial charge on any atom is 0.336 e. The van der Waals surface area contributed by atoms with E-state index in [4.69, 9.17) is 9.47 Å². The van der Waals surface area contributed by atoms with E-state index in [1.54, 1.807) is 13.2 Å². The topological polar surface area (TPSA) is 63.4 Å². The minimum Gasteiger partial charge on any atom is -0.497 e. The van der Waals surface area contributed by atoms with Crippen molar-refractivity contribution in [3.8, 4) is 16.9 Å². The number of benzene rings is 1. The first kappa shape index (κ1) is 20.4. The average Bonchev–Trinajstić information content (AvgIpc) is 3.16. The normalized spacial score (nSPS) is 16.0. The second-order valence-corrected chi connectivity index (χ2v) is 7.96. The molecule has 0 aliphatic carbocycles. The zero-order valence-electron chi connectivity index (χ0n) is 17.9. The molecule has 4 rings (SSSR count). The highest BCUT2D eigenvalue weighted by molar-refractivity contribution is 5.92. The van der Waals surface area contributed by atoms with E-state index in [-0.39, 0.29) is 6.04 Å². The summed E-state index contributed by atoms with van der Waals surface area (Å²) in [7, 11) is 1.67. The van der Waals surface area contributed by atoms with Crippen molar-refractivity contribution in [3.05, 3.63) is 58.9 Å². The number of morpholine rings is 1. The van der Waals surface area contributed by atoms with E-state index in [1.165, 1.54) is 0 Å². The number of fused-ring (bicyclic) bond motifs is 1. The fraction of sp³-hybridized carbons (Fsp3) is 0.375. The van der Waals surface area contributed by atoms with Crippen molar-refractivity contribution in [2.75, 3.05) is 33.4 Å². The van der Waals surface area contributed by atoms with Gasteiger partial charge in [-0.1, -0.05) is 6.07 Å². The SMILES string of the molecule is COc1cc(C)cc(-c2cc3cc(C(=O)O)c(C)c(C(C)N4CCOCC4)n3c2)c1. The fourth-order valence-electron chi connectivity index (χ4n) is 4.44. The molecule has 0 saturated carbocycles. The van der Waals surface area contributed by atoms with Crippen LogP contribution in [0.15, 0.2) is 36.5 Å². The molecule has 3 aromatic rings. The number of carbonyl (C=O) groups is 1. The first-order chi connectivity index (χ1) is 14.4. The molecular formula is C24H28N2O4. The van der Waals surface area contributed by atoms with E-state index >= 15 is 0 Å². The van der Waals surface area contributed by atoms with Gasteiger partial charge in [-0.3, -0.25) is 4.90 Å². The van der Waals surface area contributed by atoms with Crippen LogP contribution in [0.2, 0.25) is 0 Å². The molecule has 1 saturated heterocycles. The lowest BCUT2D eigenvalue weighted by atomic mass is 10.0. The Morgan fingerprint density at radius 3 is 2.50 bits per heavy atom. The molecular weight excluding hydrogens is 380 g/mol. The summed E-state index contributed by atoms with van der Waals surface area (Å²) in [5, 5.41) is 9.81. The van der Waals surface area contributed by atoms with Crippen molar-refractivity contribution >= 4 is 11.5 Å². The summed E-state index contributed by atoms with van der Waals surface area (Å²) in [5.41, 5.74) is 6.25. The van der Waals surface area contributed by atoms with Crippen molar-refractivity contribution in [2.45, 2.75) is 26.8 Å². The molecule has 1 N–H and O–H groups in total. The average molecular weight is 408 g/mol. The number of aromatic carboxylic acids is 1. The van der Waals surface area contributed by atoms with E-state index in [9.17, 15) is 9.90 Å². The monoisotopic (exact) mass is 408 g/mol. The maximum absolute atomic E-state index is 12.0. The third-order valence-corrected chi connectivity index (χ3v) is 6.03. The van der Waals surface area contributed by atoms with Gasteiger partial charge in [0.2, 0.25) is 0 Å². The van der Waals surface area contributed by atoms with Crippen LogP contribution in [0.1, 0.15) is 40.1 Å². The predicted molar refractivity (Wildman–Crippen MR) is 117 cm³/mol. The minimum absolute atomic E-state index is 0.0722. The van der Waals surface area contributed by atoms with Gasteiger partial charge in [-0.05, 0) is 61.7 Å². The summed E-state index contributed by atoms with van der Waals surface area (Å²) >= 11 is 0. The van der Waals surface area contributed by atoms with Crippen LogP contribution in [0.25, 0.3) is 16.6 Å². The Morgan fingerprint density at radius 1 is 1.10 bits per heavy atom. The smallest absolute Gasteiger partial charge is 0.336 e. The van der Waals surface area contributed by atoms with Crippen LogP contribution >= 0.6 is 0 Å². The Labute approximate surface area is 176 Å². The Balaban J connectivity index is 1.90. The molecule has 6 nitrogen and oxygen atoms in total. The first-order valence-electron chi connectivity index (χ1n) is 10.3. The summed E-state index contributed by atoms with van der Waals surface area (Å²) in [6, 6.07) is 10.0. The maximum atomic E-state index is 12.0. The minimum atomic E-state index is -0.898. The van der Waals surface area contributed by atoms with Crippen molar-refractivity contribution < 1.29 is 19.4 Å². The fourth-order valence-corrected chi connectivity index (χ4v) is 4.44. The van der Waals surface area contributed by atoms with E-state index in [0.717, 1.165) is 52.3 Å². The summed E-state index contributed by atoms with van der Waals surface area (Å²) in [5.74, 6) is -0.0880. The number of hydrogen-bond acceptors (Lipinski definition) is 4. The zero-order chi connectivity index (χ0) is 21.4. The quantitative estimate of drug-likeness (QED) is 0.681. The molecule has 1 atom stereocenters. The van der Waals surface area contributed by atoms with Crippen LogP contribution in [0.4, 0.5) is 0 Å². The van der Waals surface area contributed by atoms with Crippen LogP contribution < -0.4 is 4.74 Å². The van der Waals surface area contributed by atoms with Crippen molar-refractivity contribution in [1.29, 1.82) is 0 Å². The Bertz CT molecular complexity index is 1100. The van der Waals surface area contributed by atoms with Gasteiger partial charge >= 0.3 is 5.97 Å². The third kappa shape index (κ3) is 3.68. The highest BCUT2D eigenvalue weighted by Crippen LogP contribution is 2.33. The van der Waals surface area contributed by atoms with Crippen LogP contribution in [-0.4, -0.2) is 53.8 Å². The molecule has 0 bridgehead atoms. The second kappa shape index (κ2) is 8.13. The third-order valence-electron chi connectivity index (χ3n) is 6.03. The first-order valence-corrected chi connectivity index (χ1v) is 10.3. The standard InChI is InChI=1S/C24H28N2O4/c1-15-9-18(12-21(10-15)29-4)19-11-20-13-22(24(27)28)16(2)23(26(20)14-19)17(3)25-5-7-30-8-6-25/h9-14,17H,5-8H2,1-4H3,(H,27,28). The Hall–Kier alpha value is -2.83.